The summed E-state index contributed by atoms with van der Waals surface area (Å²) in [5.41, 5.74) is 8.93. The number of halogens is 1. The van der Waals surface area contributed by atoms with Crippen molar-refractivity contribution in [2.24, 2.45) is 0 Å². The van der Waals surface area contributed by atoms with E-state index in [1.165, 1.54) is 38.9 Å². The van der Waals surface area contributed by atoms with Crippen LogP contribution in [0.4, 0.5) is 0 Å². The van der Waals surface area contributed by atoms with Gasteiger partial charge in [0.1, 0.15) is 25.4 Å². The fourth-order valence-electron chi connectivity index (χ4n) is 4.85. The van der Waals surface area contributed by atoms with E-state index in [4.69, 9.17) is 4.74 Å². The van der Waals surface area contributed by atoms with Crippen LogP contribution in [0.5, 0.6) is 5.75 Å². The first-order valence-corrected chi connectivity index (χ1v) is 11.8. The van der Waals surface area contributed by atoms with E-state index in [-0.39, 0.29) is 12.4 Å². The number of hydrogen-bond acceptors (Lipinski definition) is 1. The molecule has 6 rings (SSSR count). The first-order chi connectivity index (χ1) is 16.8. The molecule has 5 aromatic rings. The van der Waals surface area contributed by atoms with Crippen LogP contribution < -0.4 is 21.7 Å². The molecular weight excluding hydrogens is 452 g/mol. The van der Waals surface area contributed by atoms with Crippen LogP contribution in [0.15, 0.2) is 116 Å². The molecule has 0 saturated heterocycles. The zero-order valence-corrected chi connectivity index (χ0v) is 20.2. The molecule has 0 amide bonds. The monoisotopic (exact) mass is 478 g/mol. The smallest absolute Gasteiger partial charge is 0.245 e. The fourth-order valence-corrected chi connectivity index (χ4v) is 4.85. The third kappa shape index (κ3) is 4.87. The van der Waals surface area contributed by atoms with Crippen molar-refractivity contribution in [3.8, 4) is 5.75 Å². The highest BCUT2D eigenvalue weighted by Gasteiger charge is 2.21. The van der Waals surface area contributed by atoms with Gasteiger partial charge in [-0.3, -0.25) is 0 Å². The maximum Gasteiger partial charge on any atom is 0.245 e. The Labute approximate surface area is 212 Å². The standard InChI is InChI=1S/C31H27N2O.ClH/c1-3-9-24(10-4-1)19-26-15-16-31-28(20-26)27(17-18-34-31)22-33-23-32(21-25-11-5-2-6-12-25)29-13-7-8-14-30(29)33;/h1-17,20,23H,18-19,21-22H2;1H/q+1;/p-1. The van der Waals surface area contributed by atoms with Gasteiger partial charge in [-0.25, -0.2) is 9.13 Å². The van der Waals surface area contributed by atoms with Crippen molar-refractivity contribution in [2.45, 2.75) is 19.5 Å². The van der Waals surface area contributed by atoms with Crippen molar-refractivity contribution in [2.75, 3.05) is 6.61 Å². The molecule has 0 radical (unpaired) electrons. The van der Waals surface area contributed by atoms with Crippen molar-refractivity contribution >= 4 is 16.6 Å². The largest absolute Gasteiger partial charge is 1.00 e. The summed E-state index contributed by atoms with van der Waals surface area (Å²) in [6, 6.07) is 36.6. The highest BCUT2D eigenvalue weighted by molar-refractivity contribution is 5.76. The Morgan fingerprint density at radius 3 is 2.26 bits per heavy atom. The van der Waals surface area contributed by atoms with Gasteiger partial charge in [0.05, 0.1) is 0 Å². The molecule has 0 atom stereocenters. The molecule has 0 saturated carbocycles. The summed E-state index contributed by atoms with van der Waals surface area (Å²) < 4.78 is 10.7. The molecular formula is C31H27ClN2O. The van der Waals surface area contributed by atoms with Gasteiger partial charge in [0, 0.05) is 11.1 Å². The molecule has 0 spiro atoms. The molecule has 35 heavy (non-hydrogen) atoms. The Balaban J connectivity index is 0.00000253. The van der Waals surface area contributed by atoms with Gasteiger partial charge in [0.15, 0.2) is 11.0 Å². The summed E-state index contributed by atoms with van der Waals surface area (Å²) in [6.07, 6.45) is 5.40. The van der Waals surface area contributed by atoms with E-state index in [0.717, 1.165) is 25.3 Å². The SMILES string of the molecule is C1=C(Cn2c[n+](Cc3ccccc3)c3ccccc32)c2cc(Cc3ccccc3)ccc2OC1.[Cl-]. The van der Waals surface area contributed by atoms with Gasteiger partial charge in [-0.2, -0.15) is 0 Å². The topological polar surface area (TPSA) is 18.0 Å². The molecule has 1 aliphatic heterocycles. The van der Waals surface area contributed by atoms with Crippen LogP contribution in [0.3, 0.4) is 0 Å². The van der Waals surface area contributed by atoms with Gasteiger partial charge in [0.25, 0.3) is 0 Å². The van der Waals surface area contributed by atoms with E-state index in [1.807, 2.05) is 0 Å². The molecule has 4 aromatic carbocycles. The Hall–Kier alpha value is -3.82. The maximum atomic E-state index is 5.98. The van der Waals surface area contributed by atoms with Gasteiger partial charge in [-0.05, 0) is 53.5 Å². The molecule has 3 nitrogen and oxygen atoms in total. The fraction of sp³-hybridized carbons (Fsp3) is 0.129. The number of aromatic nitrogens is 2. The number of hydrogen-bond donors (Lipinski definition) is 0. The van der Waals surface area contributed by atoms with E-state index in [9.17, 15) is 0 Å². The summed E-state index contributed by atoms with van der Waals surface area (Å²) >= 11 is 0. The van der Waals surface area contributed by atoms with Gasteiger partial charge < -0.3 is 17.1 Å². The van der Waals surface area contributed by atoms with Crippen molar-refractivity contribution in [3.63, 3.8) is 0 Å². The number of nitrogens with zero attached hydrogens (tertiary/aromatic N) is 2. The normalized spacial score (nSPS) is 12.4. The van der Waals surface area contributed by atoms with E-state index >= 15 is 0 Å². The number of ether oxygens (including phenoxy) is 1. The number of imidazole rings is 1. The highest BCUT2D eigenvalue weighted by atomic mass is 35.5. The molecule has 4 heteroatoms. The zero-order valence-electron chi connectivity index (χ0n) is 19.5. The molecule has 0 fully saturated rings. The van der Waals surface area contributed by atoms with Crippen molar-refractivity contribution in [3.05, 3.63) is 138 Å². The summed E-state index contributed by atoms with van der Waals surface area (Å²) in [5, 5.41) is 0. The lowest BCUT2D eigenvalue weighted by Crippen LogP contribution is -3.00. The lowest BCUT2D eigenvalue weighted by molar-refractivity contribution is -0.663. The highest BCUT2D eigenvalue weighted by Crippen LogP contribution is 2.33. The third-order valence-electron chi connectivity index (χ3n) is 6.53. The molecule has 1 aliphatic rings. The molecule has 0 aliphatic carbocycles. The first kappa shape index (κ1) is 22.9. The van der Waals surface area contributed by atoms with Gasteiger partial charge >= 0.3 is 0 Å². The van der Waals surface area contributed by atoms with E-state index < -0.39 is 0 Å². The second-order valence-corrected chi connectivity index (χ2v) is 8.88. The molecule has 1 aromatic heterocycles. The first-order valence-electron chi connectivity index (χ1n) is 11.8. The molecule has 2 heterocycles. The summed E-state index contributed by atoms with van der Waals surface area (Å²) in [7, 11) is 0. The Bertz CT molecular complexity index is 1470. The average Bonchev–Trinajstić information content (AvgIpc) is 3.22. The van der Waals surface area contributed by atoms with Gasteiger partial charge in [0.2, 0.25) is 6.33 Å². The molecule has 0 bridgehead atoms. The summed E-state index contributed by atoms with van der Waals surface area (Å²) in [4.78, 5) is 0. The summed E-state index contributed by atoms with van der Waals surface area (Å²) in [5.74, 6) is 0.975. The minimum atomic E-state index is 0. The van der Waals surface area contributed by atoms with Crippen LogP contribution in [0.1, 0.15) is 22.3 Å². The van der Waals surface area contributed by atoms with Crippen molar-refractivity contribution in [1.82, 2.24) is 4.57 Å². The molecule has 0 N–H and O–H groups in total. The Morgan fingerprint density at radius 2 is 1.46 bits per heavy atom. The maximum absolute atomic E-state index is 5.98. The predicted octanol–water partition coefficient (Wildman–Crippen LogP) is 3.05. The zero-order chi connectivity index (χ0) is 22.7. The Morgan fingerprint density at radius 1 is 0.743 bits per heavy atom. The predicted molar refractivity (Wildman–Crippen MR) is 137 cm³/mol. The summed E-state index contributed by atoms with van der Waals surface area (Å²) in [6.45, 7) is 2.28. The molecule has 174 valence electrons. The number of allylic oxidation sites excluding steroid dienone is 1. The quantitative estimate of drug-likeness (QED) is 0.343. The Kier molecular flexibility index (Phi) is 6.69. The van der Waals surface area contributed by atoms with Crippen LogP contribution in [-0.2, 0) is 19.5 Å². The average molecular weight is 479 g/mol. The van der Waals surface area contributed by atoms with Crippen LogP contribution in [0, 0.1) is 0 Å². The lowest BCUT2D eigenvalue weighted by Gasteiger charge is -2.19. The minimum Gasteiger partial charge on any atom is -1.00 e. The van der Waals surface area contributed by atoms with Gasteiger partial charge in [-0.1, -0.05) is 78.9 Å². The van der Waals surface area contributed by atoms with Crippen LogP contribution in [0.2, 0.25) is 0 Å². The van der Waals surface area contributed by atoms with Gasteiger partial charge in [-0.15, -0.1) is 0 Å². The van der Waals surface area contributed by atoms with E-state index in [0.29, 0.717) is 6.61 Å². The number of rotatable bonds is 6. The number of para-hydroxylation sites is 2. The van der Waals surface area contributed by atoms with Crippen molar-refractivity contribution in [1.29, 1.82) is 0 Å². The number of fused-ring (bicyclic) bond motifs is 2. The van der Waals surface area contributed by atoms with Crippen LogP contribution in [-0.4, -0.2) is 11.2 Å². The van der Waals surface area contributed by atoms with Crippen molar-refractivity contribution < 1.29 is 21.7 Å². The van der Waals surface area contributed by atoms with E-state index in [1.54, 1.807) is 0 Å². The second-order valence-electron chi connectivity index (χ2n) is 8.88. The van der Waals surface area contributed by atoms with Crippen LogP contribution >= 0.6 is 0 Å². The van der Waals surface area contributed by atoms with E-state index in [2.05, 4.69) is 125 Å². The van der Waals surface area contributed by atoms with Crippen LogP contribution in [0.25, 0.3) is 16.6 Å². The second kappa shape index (κ2) is 10.2. The minimum absolute atomic E-state index is 0. The lowest BCUT2D eigenvalue weighted by atomic mass is 9.97. The number of benzene rings is 4. The molecule has 0 unspecified atom stereocenters. The third-order valence-corrected chi connectivity index (χ3v) is 6.53.